The van der Waals surface area contributed by atoms with Gasteiger partial charge in [-0.3, -0.25) is 0 Å². The lowest BCUT2D eigenvalue weighted by molar-refractivity contribution is -0.134. The van der Waals surface area contributed by atoms with Crippen molar-refractivity contribution in [2.45, 2.75) is 4.90 Å². The summed E-state index contributed by atoms with van der Waals surface area (Å²) in [5.74, 6) is -3.24. The van der Waals surface area contributed by atoms with Gasteiger partial charge in [-0.15, -0.1) is 0 Å². The molecule has 2 nitrogen and oxygen atoms in total. The largest absolute Gasteiger partial charge is 0.476 e. The average Bonchev–Trinajstić information content (AvgIpc) is 2.16. The Kier molecular flexibility index (Phi) is 3.64. The van der Waals surface area contributed by atoms with Crippen molar-refractivity contribution in [3.05, 3.63) is 41.3 Å². The molecule has 0 aliphatic heterocycles. The van der Waals surface area contributed by atoms with E-state index in [2.05, 4.69) is 0 Å². The van der Waals surface area contributed by atoms with Crippen molar-refractivity contribution in [1.29, 1.82) is 0 Å². The minimum absolute atomic E-state index is 0.392. The van der Waals surface area contributed by atoms with Crippen LogP contribution in [0, 0.1) is 5.82 Å². The molecule has 1 aromatic rings. The molecule has 14 heavy (non-hydrogen) atoms. The van der Waals surface area contributed by atoms with E-state index in [0.717, 1.165) is 17.2 Å². The Labute approximate surface area is 83.2 Å². The quantitative estimate of drug-likeness (QED) is 0.623. The Morgan fingerprint density at radius 1 is 1.36 bits per heavy atom. The molecule has 0 aliphatic rings. The molecule has 5 heteroatoms. The van der Waals surface area contributed by atoms with Crippen molar-refractivity contribution in [3.63, 3.8) is 0 Å². The third-order valence-electron chi connectivity index (χ3n) is 1.32. The molecule has 0 saturated carbocycles. The summed E-state index contributed by atoms with van der Waals surface area (Å²) in [5.41, 5.74) is 0. The lowest BCUT2D eigenvalue weighted by Gasteiger charge is -1.94. The Morgan fingerprint density at radius 3 is 2.43 bits per heavy atom. The fourth-order valence-corrected chi connectivity index (χ4v) is 1.32. The summed E-state index contributed by atoms with van der Waals surface area (Å²) in [6.45, 7) is 0. The van der Waals surface area contributed by atoms with Gasteiger partial charge in [0.1, 0.15) is 5.82 Å². The Morgan fingerprint density at radius 2 is 1.93 bits per heavy atom. The zero-order chi connectivity index (χ0) is 10.6. The molecule has 0 amide bonds. The van der Waals surface area contributed by atoms with Crippen LogP contribution in [0.3, 0.4) is 0 Å². The Balaban J connectivity index is 2.66. The zero-order valence-electron chi connectivity index (χ0n) is 6.91. The Hall–Kier alpha value is -1.36. The summed E-state index contributed by atoms with van der Waals surface area (Å²) >= 11 is 0.881. The van der Waals surface area contributed by atoms with Crippen LogP contribution >= 0.6 is 11.8 Å². The van der Waals surface area contributed by atoms with Crippen LogP contribution in [0.4, 0.5) is 8.78 Å². The first-order valence-corrected chi connectivity index (χ1v) is 4.49. The fraction of sp³-hybridized carbons (Fsp3) is 0. The van der Waals surface area contributed by atoms with E-state index >= 15 is 0 Å². The van der Waals surface area contributed by atoms with Crippen molar-refractivity contribution in [2.24, 2.45) is 0 Å². The number of rotatable bonds is 3. The van der Waals surface area contributed by atoms with Gasteiger partial charge >= 0.3 is 5.97 Å². The number of carboxylic acids is 1. The van der Waals surface area contributed by atoms with Crippen molar-refractivity contribution < 1.29 is 18.7 Å². The molecule has 0 unspecified atom stereocenters. The van der Waals surface area contributed by atoms with Gasteiger partial charge in [-0.05, 0) is 24.3 Å². The van der Waals surface area contributed by atoms with Gasteiger partial charge in [0.25, 0.3) is 0 Å². The molecular formula is C9H6F2O2S. The maximum atomic E-state index is 12.5. The summed E-state index contributed by atoms with van der Waals surface area (Å²) in [6.07, 6.45) is 0. The topological polar surface area (TPSA) is 37.3 Å². The molecule has 1 N–H and O–H groups in total. The van der Waals surface area contributed by atoms with Crippen LogP contribution in [0.1, 0.15) is 0 Å². The standard InChI is InChI=1S/C9H6F2O2S/c10-6-1-3-7(4-2-6)14-5-8(11)9(12)13/h1-5H,(H,12,13). The minimum atomic E-state index is -1.61. The normalized spacial score (nSPS) is 11.4. The second kappa shape index (κ2) is 4.76. The van der Waals surface area contributed by atoms with E-state index in [-0.39, 0.29) is 0 Å². The molecule has 0 fully saturated rings. The van der Waals surface area contributed by atoms with Crippen LogP contribution in [0.5, 0.6) is 0 Å². The van der Waals surface area contributed by atoms with E-state index in [1.54, 1.807) is 0 Å². The number of aliphatic carboxylic acids is 1. The lowest BCUT2D eigenvalue weighted by Crippen LogP contribution is -1.92. The highest BCUT2D eigenvalue weighted by Gasteiger charge is 2.04. The summed E-state index contributed by atoms with van der Waals surface area (Å²) in [7, 11) is 0. The van der Waals surface area contributed by atoms with E-state index in [1.807, 2.05) is 0 Å². The van der Waals surface area contributed by atoms with Gasteiger partial charge in [0, 0.05) is 10.3 Å². The fourth-order valence-electron chi connectivity index (χ4n) is 0.683. The van der Waals surface area contributed by atoms with Crippen molar-refractivity contribution in [1.82, 2.24) is 0 Å². The lowest BCUT2D eigenvalue weighted by atomic mass is 10.4. The van der Waals surface area contributed by atoms with Crippen molar-refractivity contribution >= 4 is 17.7 Å². The molecule has 0 aromatic heterocycles. The number of halogens is 2. The van der Waals surface area contributed by atoms with E-state index in [0.29, 0.717) is 4.90 Å². The van der Waals surface area contributed by atoms with E-state index in [4.69, 9.17) is 5.11 Å². The zero-order valence-corrected chi connectivity index (χ0v) is 7.72. The van der Waals surface area contributed by atoms with Gasteiger partial charge in [0.15, 0.2) is 0 Å². The molecule has 0 radical (unpaired) electrons. The summed E-state index contributed by atoms with van der Waals surface area (Å²) in [6, 6.07) is 5.31. The summed E-state index contributed by atoms with van der Waals surface area (Å²) in [5, 5.41) is 9.04. The maximum absolute atomic E-state index is 12.5. The highest BCUT2D eigenvalue weighted by atomic mass is 32.2. The number of carbonyl (C=O) groups is 1. The van der Waals surface area contributed by atoms with Crippen LogP contribution in [-0.4, -0.2) is 11.1 Å². The molecule has 0 aliphatic carbocycles. The number of hydrogen-bond acceptors (Lipinski definition) is 2. The van der Waals surface area contributed by atoms with Gasteiger partial charge in [-0.2, -0.15) is 4.39 Å². The smallest absolute Gasteiger partial charge is 0.365 e. The maximum Gasteiger partial charge on any atom is 0.365 e. The first-order valence-electron chi connectivity index (χ1n) is 3.61. The van der Waals surface area contributed by atoms with Gasteiger partial charge in [-0.25, -0.2) is 9.18 Å². The molecule has 0 saturated heterocycles. The molecule has 0 atom stereocenters. The van der Waals surface area contributed by atoms with Gasteiger partial charge in [-0.1, -0.05) is 11.8 Å². The SMILES string of the molecule is O=C(O)C(F)=CSc1ccc(F)cc1. The second-order valence-electron chi connectivity index (χ2n) is 2.34. The first kappa shape index (κ1) is 10.7. The third-order valence-corrected chi connectivity index (χ3v) is 2.19. The molecular weight excluding hydrogens is 210 g/mol. The van der Waals surface area contributed by atoms with Gasteiger partial charge < -0.3 is 5.11 Å². The predicted molar refractivity (Wildman–Crippen MR) is 49.1 cm³/mol. The molecule has 74 valence electrons. The minimum Gasteiger partial charge on any atom is -0.476 e. The molecule has 0 spiro atoms. The van der Waals surface area contributed by atoms with Gasteiger partial charge in [0.2, 0.25) is 5.83 Å². The molecule has 0 bridgehead atoms. The summed E-state index contributed by atoms with van der Waals surface area (Å²) < 4.78 is 24.9. The highest BCUT2D eigenvalue weighted by molar-refractivity contribution is 8.02. The number of carboxylic acid groups (broad SMARTS) is 1. The Bertz CT molecular complexity index is 360. The van der Waals surface area contributed by atoms with E-state index in [1.165, 1.54) is 24.3 Å². The number of hydrogen-bond donors (Lipinski definition) is 1. The number of thioether (sulfide) groups is 1. The van der Waals surface area contributed by atoms with Crippen LogP contribution in [0.2, 0.25) is 0 Å². The highest BCUT2D eigenvalue weighted by Crippen LogP contribution is 2.21. The van der Waals surface area contributed by atoms with Crippen molar-refractivity contribution in [3.8, 4) is 0 Å². The number of benzene rings is 1. The van der Waals surface area contributed by atoms with Crippen molar-refractivity contribution in [2.75, 3.05) is 0 Å². The monoisotopic (exact) mass is 216 g/mol. The third kappa shape index (κ3) is 3.18. The predicted octanol–water partition coefficient (Wildman–Crippen LogP) is 2.81. The molecule has 1 aromatic carbocycles. The van der Waals surface area contributed by atoms with Gasteiger partial charge in [0.05, 0.1) is 0 Å². The van der Waals surface area contributed by atoms with Crippen LogP contribution < -0.4 is 0 Å². The van der Waals surface area contributed by atoms with Crippen LogP contribution in [0.25, 0.3) is 0 Å². The second-order valence-corrected chi connectivity index (χ2v) is 3.29. The van der Waals surface area contributed by atoms with E-state index in [9.17, 15) is 13.6 Å². The molecule has 0 heterocycles. The van der Waals surface area contributed by atoms with E-state index < -0.39 is 17.6 Å². The molecule has 1 rings (SSSR count). The van der Waals surface area contributed by atoms with Crippen LogP contribution in [0.15, 0.2) is 40.4 Å². The first-order chi connectivity index (χ1) is 6.59. The van der Waals surface area contributed by atoms with Crippen LogP contribution in [-0.2, 0) is 4.79 Å². The average molecular weight is 216 g/mol. The summed E-state index contributed by atoms with van der Waals surface area (Å²) in [4.78, 5) is 10.6.